The van der Waals surface area contributed by atoms with Crippen molar-refractivity contribution >= 4 is 12.0 Å². The van der Waals surface area contributed by atoms with E-state index in [1.165, 1.54) is 24.2 Å². The van der Waals surface area contributed by atoms with Gasteiger partial charge in [0, 0.05) is 19.6 Å². The van der Waals surface area contributed by atoms with Crippen LogP contribution in [0.2, 0.25) is 0 Å². The number of carboxylic acid groups (broad SMARTS) is 1. The predicted molar refractivity (Wildman–Crippen MR) is 67.2 cm³/mol. The number of fused-ring (bicyclic) bond motifs is 1. The molecule has 5 heteroatoms. The minimum Gasteiger partial charge on any atom is -0.480 e. The maximum Gasteiger partial charge on any atom is 0.323 e. The van der Waals surface area contributed by atoms with Gasteiger partial charge in [-0.1, -0.05) is 12.5 Å². The Labute approximate surface area is 107 Å². The fraction of sp³-hybridized carbons (Fsp3) is 0.692. The molecule has 5 nitrogen and oxygen atoms in total. The molecule has 1 N–H and O–H groups in total. The van der Waals surface area contributed by atoms with Crippen molar-refractivity contribution in [3.05, 3.63) is 12.7 Å². The molecule has 0 aromatic heterocycles. The van der Waals surface area contributed by atoms with E-state index in [1.807, 2.05) is 0 Å². The van der Waals surface area contributed by atoms with Gasteiger partial charge in [0.2, 0.25) is 0 Å². The van der Waals surface area contributed by atoms with Crippen LogP contribution in [0, 0.1) is 11.8 Å². The number of hydrogen-bond donors (Lipinski definition) is 1. The number of hydrogen-bond acceptors (Lipinski definition) is 2. The minimum absolute atomic E-state index is 0.160. The topological polar surface area (TPSA) is 60.9 Å². The third kappa shape index (κ3) is 2.66. The number of amides is 2. The molecule has 100 valence electrons. The standard InChI is InChI=1S/C13H20N2O3/c1-2-6-14(9-12(16)17)13(18)15-7-10-4-3-5-11(10)8-15/h2,10-11H,1,3-9H2,(H,16,17). The molecule has 2 aliphatic rings. The van der Waals surface area contributed by atoms with E-state index in [2.05, 4.69) is 6.58 Å². The summed E-state index contributed by atoms with van der Waals surface area (Å²) in [5.74, 6) is 0.276. The molecule has 18 heavy (non-hydrogen) atoms. The van der Waals surface area contributed by atoms with Gasteiger partial charge < -0.3 is 14.9 Å². The van der Waals surface area contributed by atoms with Crippen molar-refractivity contribution in [1.82, 2.24) is 9.80 Å². The molecule has 2 atom stereocenters. The van der Waals surface area contributed by atoms with Gasteiger partial charge in [0.25, 0.3) is 0 Å². The van der Waals surface area contributed by atoms with Gasteiger partial charge in [-0.3, -0.25) is 4.79 Å². The maximum atomic E-state index is 12.2. The monoisotopic (exact) mass is 252 g/mol. The summed E-state index contributed by atoms with van der Waals surface area (Å²) in [6, 6.07) is -0.160. The molecule has 1 heterocycles. The van der Waals surface area contributed by atoms with Crippen molar-refractivity contribution in [2.24, 2.45) is 11.8 Å². The van der Waals surface area contributed by atoms with Crippen molar-refractivity contribution < 1.29 is 14.7 Å². The average molecular weight is 252 g/mol. The van der Waals surface area contributed by atoms with Gasteiger partial charge in [0.05, 0.1) is 0 Å². The van der Waals surface area contributed by atoms with Crippen molar-refractivity contribution in [2.45, 2.75) is 19.3 Å². The van der Waals surface area contributed by atoms with Crippen LogP contribution < -0.4 is 0 Å². The fourth-order valence-corrected chi connectivity index (χ4v) is 3.12. The molecule has 1 saturated carbocycles. The molecule has 0 aromatic carbocycles. The summed E-state index contributed by atoms with van der Waals surface area (Å²) in [6.07, 6.45) is 5.24. The van der Waals surface area contributed by atoms with Crippen LogP contribution in [0.3, 0.4) is 0 Å². The second kappa shape index (κ2) is 5.42. The first-order valence-corrected chi connectivity index (χ1v) is 6.48. The van der Waals surface area contributed by atoms with Crippen molar-refractivity contribution in [2.75, 3.05) is 26.2 Å². The van der Waals surface area contributed by atoms with Gasteiger partial charge in [-0.05, 0) is 24.7 Å². The lowest BCUT2D eigenvalue weighted by molar-refractivity contribution is -0.137. The number of carboxylic acids is 1. The van der Waals surface area contributed by atoms with E-state index in [-0.39, 0.29) is 19.1 Å². The van der Waals surface area contributed by atoms with Crippen LogP contribution in [-0.2, 0) is 4.79 Å². The Balaban J connectivity index is 1.96. The number of likely N-dealkylation sites (tertiary alicyclic amines) is 1. The second-order valence-corrected chi connectivity index (χ2v) is 5.20. The Bertz CT molecular complexity index is 344. The van der Waals surface area contributed by atoms with E-state index in [9.17, 15) is 9.59 Å². The van der Waals surface area contributed by atoms with Crippen LogP contribution in [0.15, 0.2) is 12.7 Å². The Morgan fingerprint density at radius 2 is 1.94 bits per heavy atom. The van der Waals surface area contributed by atoms with Crippen LogP contribution in [0.1, 0.15) is 19.3 Å². The van der Waals surface area contributed by atoms with Crippen molar-refractivity contribution in [3.8, 4) is 0 Å². The minimum atomic E-state index is -0.982. The summed E-state index contributed by atoms with van der Waals surface area (Å²) in [7, 11) is 0. The zero-order valence-corrected chi connectivity index (χ0v) is 10.5. The number of rotatable bonds is 4. The molecule has 0 radical (unpaired) electrons. The summed E-state index contributed by atoms with van der Waals surface area (Å²) in [6.45, 7) is 5.18. The molecular weight excluding hydrogens is 232 g/mol. The van der Waals surface area contributed by atoms with E-state index >= 15 is 0 Å². The molecular formula is C13H20N2O3. The summed E-state index contributed by atoms with van der Waals surface area (Å²) in [4.78, 5) is 26.1. The summed E-state index contributed by atoms with van der Waals surface area (Å²) in [5.41, 5.74) is 0. The van der Waals surface area contributed by atoms with E-state index in [4.69, 9.17) is 5.11 Å². The molecule has 0 bridgehead atoms. The van der Waals surface area contributed by atoms with E-state index < -0.39 is 5.97 Å². The lowest BCUT2D eigenvalue weighted by Crippen LogP contribution is -2.44. The first-order chi connectivity index (χ1) is 8.61. The van der Waals surface area contributed by atoms with Gasteiger partial charge in [-0.2, -0.15) is 0 Å². The Morgan fingerprint density at radius 3 is 2.44 bits per heavy atom. The summed E-state index contributed by atoms with van der Waals surface area (Å²) < 4.78 is 0. The highest BCUT2D eigenvalue weighted by atomic mass is 16.4. The van der Waals surface area contributed by atoms with Crippen molar-refractivity contribution in [3.63, 3.8) is 0 Å². The van der Waals surface area contributed by atoms with Crippen LogP contribution in [0.4, 0.5) is 4.79 Å². The highest BCUT2D eigenvalue weighted by Gasteiger charge is 2.39. The molecule has 1 saturated heterocycles. The smallest absolute Gasteiger partial charge is 0.323 e. The van der Waals surface area contributed by atoms with Crippen molar-refractivity contribution in [1.29, 1.82) is 0 Å². The Kier molecular flexibility index (Phi) is 3.89. The van der Waals surface area contributed by atoms with Gasteiger partial charge in [-0.15, -0.1) is 6.58 Å². The number of urea groups is 1. The Hall–Kier alpha value is -1.52. The zero-order chi connectivity index (χ0) is 13.1. The van der Waals surface area contributed by atoms with Crippen LogP contribution in [0.5, 0.6) is 0 Å². The molecule has 0 spiro atoms. The first-order valence-electron chi connectivity index (χ1n) is 6.48. The third-order valence-corrected chi connectivity index (χ3v) is 3.94. The average Bonchev–Trinajstić information content (AvgIpc) is 2.86. The molecule has 1 aliphatic carbocycles. The SMILES string of the molecule is C=CCN(CC(=O)O)C(=O)N1CC2CCCC2C1. The molecule has 0 aromatic rings. The van der Waals surface area contributed by atoms with Crippen LogP contribution in [-0.4, -0.2) is 53.1 Å². The number of carbonyl (C=O) groups excluding carboxylic acids is 1. The molecule has 2 unspecified atom stereocenters. The summed E-state index contributed by atoms with van der Waals surface area (Å²) >= 11 is 0. The number of aliphatic carboxylic acids is 1. The highest BCUT2D eigenvalue weighted by molar-refractivity contribution is 5.80. The van der Waals surface area contributed by atoms with Gasteiger partial charge in [0.1, 0.15) is 6.54 Å². The van der Waals surface area contributed by atoms with Crippen LogP contribution in [0.25, 0.3) is 0 Å². The predicted octanol–water partition coefficient (Wildman–Crippen LogP) is 1.41. The quantitative estimate of drug-likeness (QED) is 0.770. The Morgan fingerprint density at radius 1 is 1.33 bits per heavy atom. The lowest BCUT2D eigenvalue weighted by atomic mass is 10.0. The highest BCUT2D eigenvalue weighted by Crippen LogP contribution is 2.37. The van der Waals surface area contributed by atoms with Crippen LogP contribution >= 0.6 is 0 Å². The first kappa shape index (κ1) is 12.9. The largest absolute Gasteiger partial charge is 0.480 e. The van der Waals surface area contributed by atoms with Gasteiger partial charge in [0.15, 0.2) is 0 Å². The fourth-order valence-electron chi connectivity index (χ4n) is 3.12. The number of carbonyl (C=O) groups is 2. The second-order valence-electron chi connectivity index (χ2n) is 5.20. The molecule has 1 aliphatic heterocycles. The molecule has 2 amide bonds. The van der Waals surface area contributed by atoms with E-state index in [0.717, 1.165) is 13.1 Å². The summed E-state index contributed by atoms with van der Waals surface area (Å²) in [5, 5.41) is 8.82. The maximum absolute atomic E-state index is 12.2. The van der Waals surface area contributed by atoms with E-state index in [1.54, 1.807) is 11.0 Å². The lowest BCUT2D eigenvalue weighted by Gasteiger charge is -2.26. The normalized spacial score (nSPS) is 25.9. The number of nitrogens with zero attached hydrogens (tertiary/aromatic N) is 2. The third-order valence-electron chi connectivity index (χ3n) is 3.94. The molecule has 2 fully saturated rings. The van der Waals surface area contributed by atoms with Gasteiger partial charge in [-0.25, -0.2) is 4.79 Å². The van der Waals surface area contributed by atoms with Gasteiger partial charge >= 0.3 is 12.0 Å². The zero-order valence-electron chi connectivity index (χ0n) is 10.5. The van der Waals surface area contributed by atoms with E-state index in [0.29, 0.717) is 11.8 Å². The molecule has 2 rings (SSSR count).